The van der Waals surface area contributed by atoms with Crippen LogP contribution < -0.4 is 14.4 Å². The van der Waals surface area contributed by atoms with Gasteiger partial charge in [0.1, 0.15) is 17.2 Å². The van der Waals surface area contributed by atoms with E-state index < -0.39 is 0 Å². The van der Waals surface area contributed by atoms with E-state index in [4.69, 9.17) is 14.5 Å². The van der Waals surface area contributed by atoms with Gasteiger partial charge in [-0.1, -0.05) is 30.3 Å². The van der Waals surface area contributed by atoms with Crippen molar-refractivity contribution in [2.75, 3.05) is 25.1 Å². The minimum Gasteiger partial charge on any atom is -0.497 e. The Bertz CT molecular complexity index is 1190. The fourth-order valence-electron chi connectivity index (χ4n) is 4.39. The molecule has 4 aromatic rings. The molecule has 5 rings (SSSR count). The number of para-hydroxylation sites is 1. The lowest BCUT2D eigenvalue weighted by molar-refractivity contribution is 0.414. The van der Waals surface area contributed by atoms with Crippen LogP contribution in [0, 0.1) is 6.92 Å². The number of aromatic nitrogens is 1. The van der Waals surface area contributed by atoms with Crippen molar-refractivity contribution in [2.24, 2.45) is 0 Å². The second kappa shape index (κ2) is 8.31. The van der Waals surface area contributed by atoms with E-state index in [0.717, 1.165) is 53.4 Å². The van der Waals surface area contributed by atoms with Crippen molar-refractivity contribution in [3.8, 4) is 17.2 Å². The highest BCUT2D eigenvalue weighted by atomic mass is 16.5. The van der Waals surface area contributed by atoms with E-state index in [9.17, 15) is 0 Å². The minimum absolute atomic E-state index is 0.512. The van der Waals surface area contributed by atoms with Gasteiger partial charge in [-0.3, -0.25) is 4.98 Å². The summed E-state index contributed by atoms with van der Waals surface area (Å²) in [6.45, 7) is 4.09. The number of benzene rings is 3. The normalized spacial score (nSPS) is 15.9. The second-order valence-corrected chi connectivity index (χ2v) is 8.08. The topological polar surface area (TPSA) is 34.6 Å². The average molecular weight is 411 g/mol. The maximum atomic E-state index is 6.09. The molecular weight excluding hydrogens is 384 g/mol. The average Bonchev–Trinajstić information content (AvgIpc) is 3.30. The van der Waals surface area contributed by atoms with Gasteiger partial charge < -0.3 is 14.4 Å². The van der Waals surface area contributed by atoms with E-state index in [-0.39, 0.29) is 0 Å². The second-order valence-electron chi connectivity index (χ2n) is 8.08. The third-order valence-corrected chi connectivity index (χ3v) is 5.98. The Labute approximate surface area is 183 Å². The summed E-state index contributed by atoms with van der Waals surface area (Å²) in [4.78, 5) is 7.24. The van der Waals surface area contributed by atoms with E-state index in [2.05, 4.69) is 54.3 Å². The molecule has 1 aliphatic rings. The third-order valence-electron chi connectivity index (χ3n) is 5.98. The highest BCUT2D eigenvalue weighted by Crippen LogP contribution is 2.37. The van der Waals surface area contributed by atoms with E-state index in [0.29, 0.717) is 5.92 Å². The maximum absolute atomic E-state index is 6.09. The van der Waals surface area contributed by atoms with Gasteiger partial charge in [0.15, 0.2) is 0 Å². The molecule has 1 atom stereocenters. The molecule has 0 saturated carbocycles. The molecule has 0 bridgehead atoms. The molecule has 4 nitrogen and oxygen atoms in total. The van der Waals surface area contributed by atoms with Gasteiger partial charge in [-0.25, -0.2) is 0 Å². The van der Waals surface area contributed by atoms with E-state index in [1.54, 1.807) is 7.11 Å². The molecule has 0 amide bonds. The van der Waals surface area contributed by atoms with Crippen LogP contribution in [0.1, 0.15) is 23.6 Å². The number of hydrogen-bond acceptors (Lipinski definition) is 4. The van der Waals surface area contributed by atoms with Crippen molar-refractivity contribution in [2.45, 2.75) is 19.3 Å². The van der Waals surface area contributed by atoms with Gasteiger partial charge in [0.2, 0.25) is 0 Å². The minimum atomic E-state index is 0.512. The molecule has 1 aliphatic heterocycles. The summed E-state index contributed by atoms with van der Waals surface area (Å²) in [5.74, 6) is 3.08. The fourth-order valence-corrected chi connectivity index (χ4v) is 4.39. The van der Waals surface area contributed by atoms with Crippen molar-refractivity contribution < 1.29 is 9.47 Å². The summed E-state index contributed by atoms with van der Waals surface area (Å²) in [7, 11) is 1.71. The summed E-state index contributed by atoms with van der Waals surface area (Å²) in [6.07, 6.45) is 1.13. The molecule has 0 aliphatic carbocycles. The van der Waals surface area contributed by atoms with E-state index >= 15 is 0 Å². The first-order valence-electron chi connectivity index (χ1n) is 10.7. The van der Waals surface area contributed by atoms with Crippen LogP contribution in [0.4, 0.5) is 5.69 Å². The lowest BCUT2D eigenvalue weighted by atomic mass is 9.98. The molecule has 1 aromatic heterocycles. The van der Waals surface area contributed by atoms with Crippen LogP contribution in [0.3, 0.4) is 0 Å². The Hall–Kier alpha value is -3.53. The SMILES string of the molecule is COc1ccc([C@H]2CCN(c3cc(C)nc4ccc(Oc5ccccc5)cc34)C2)cc1. The van der Waals surface area contributed by atoms with Gasteiger partial charge in [-0.05, 0) is 67.4 Å². The standard InChI is InChI=1S/C27H26N2O2/c1-19-16-27(29-15-14-21(18-29)20-8-10-22(30-2)11-9-20)25-17-24(12-13-26(25)28-19)31-23-6-4-3-5-7-23/h3-13,16-17,21H,14-15,18H2,1-2H3/t21-/m0/s1. The quantitative estimate of drug-likeness (QED) is 0.385. The molecule has 0 unspecified atom stereocenters. The number of nitrogens with zero attached hydrogens (tertiary/aromatic N) is 2. The highest BCUT2D eigenvalue weighted by molar-refractivity contribution is 5.93. The summed E-state index contributed by atoms with van der Waals surface area (Å²) in [5, 5.41) is 1.13. The first-order valence-corrected chi connectivity index (χ1v) is 10.7. The van der Waals surface area contributed by atoms with Crippen LogP contribution in [0.5, 0.6) is 17.2 Å². The van der Waals surface area contributed by atoms with Crippen molar-refractivity contribution in [1.82, 2.24) is 4.98 Å². The van der Waals surface area contributed by atoms with Crippen molar-refractivity contribution in [3.63, 3.8) is 0 Å². The molecular formula is C27H26N2O2. The number of anilines is 1. The molecule has 156 valence electrons. The molecule has 31 heavy (non-hydrogen) atoms. The molecule has 0 N–H and O–H groups in total. The van der Waals surface area contributed by atoms with Crippen molar-refractivity contribution >= 4 is 16.6 Å². The van der Waals surface area contributed by atoms with Crippen LogP contribution in [0.25, 0.3) is 10.9 Å². The van der Waals surface area contributed by atoms with Gasteiger partial charge in [-0.15, -0.1) is 0 Å². The lowest BCUT2D eigenvalue weighted by Crippen LogP contribution is -2.19. The van der Waals surface area contributed by atoms with Crippen LogP contribution in [0.2, 0.25) is 0 Å². The van der Waals surface area contributed by atoms with Gasteiger partial charge in [-0.2, -0.15) is 0 Å². The van der Waals surface area contributed by atoms with Gasteiger partial charge in [0.25, 0.3) is 0 Å². The lowest BCUT2D eigenvalue weighted by Gasteiger charge is -2.22. The number of methoxy groups -OCH3 is 1. The first-order chi connectivity index (χ1) is 15.2. The Balaban J connectivity index is 1.44. The fraction of sp³-hybridized carbons (Fsp3) is 0.222. The Kier molecular flexibility index (Phi) is 5.21. The highest BCUT2D eigenvalue weighted by Gasteiger charge is 2.25. The zero-order valence-corrected chi connectivity index (χ0v) is 17.9. The predicted molar refractivity (Wildman–Crippen MR) is 126 cm³/mol. The van der Waals surface area contributed by atoms with Crippen LogP contribution in [0.15, 0.2) is 78.9 Å². The van der Waals surface area contributed by atoms with E-state index in [1.807, 2.05) is 36.4 Å². The molecule has 4 heteroatoms. The van der Waals surface area contributed by atoms with Crippen molar-refractivity contribution in [1.29, 1.82) is 0 Å². The maximum Gasteiger partial charge on any atom is 0.128 e. The van der Waals surface area contributed by atoms with Crippen LogP contribution >= 0.6 is 0 Å². The van der Waals surface area contributed by atoms with Gasteiger partial charge >= 0.3 is 0 Å². The smallest absolute Gasteiger partial charge is 0.128 e. The zero-order valence-electron chi connectivity index (χ0n) is 17.9. The Morgan fingerprint density at radius 1 is 0.871 bits per heavy atom. The number of pyridine rings is 1. The van der Waals surface area contributed by atoms with Gasteiger partial charge in [0, 0.05) is 35.8 Å². The Morgan fingerprint density at radius 3 is 2.42 bits per heavy atom. The van der Waals surface area contributed by atoms with Crippen LogP contribution in [-0.2, 0) is 0 Å². The van der Waals surface area contributed by atoms with E-state index in [1.165, 1.54) is 11.3 Å². The monoisotopic (exact) mass is 410 g/mol. The number of rotatable bonds is 5. The summed E-state index contributed by atoms with van der Waals surface area (Å²) < 4.78 is 11.4. The molecule has 3 aromatic carbocycles. The number of ether oxygens (including phenoxy) is 2. The Morgan fingerprint density at radius 2 is 1.65 bits per heavy atom. The summed E-state index contributed by atoms with van der Waals surface area (Å²) >= 11 is 0. The molecule has 2 heterocycles. The molecule has 0 radical (unpaired) electrons. The summed E-state index contributed by atoms with van der Waals surface area (Å²) in [6, 6.07) is 26.7. The molecule has 1 saturated heterocycles. The largest absolute Gasteiger partial charge is 0.497 e. The molecule has 1 fully saturated rings. The number of hydrogen-bond donors (Lipinski definition) is 0. The predicted octanol–water partition coefficient (Wildman–Crippen LogP) is 6.34. The van der Waals surface area contributed by atoms with Gasteiger partial charge in [0.05, 0.1) is 12.6 Å². The first kappa shape index (κ1) is 19.4. The summed E-state index contributed by atoms with van der Waals surface area (Å²) in [5.41, 5.74) is 4.64. The third kappa shape index (κ3) is 4.06. The van der Waals surface area contributed by atoms with Crippen LogP contribution in [-0.4, -0.2) is 25.2 Å². The van der Waals surface area contributed by atoms with Crippen molar-refractivity contribution in [3.05, 3.63) is 90.1 Å². The molecule has 0 spiro atoms. The number of fused-ring (bicyclic) bond motifs is 1. The zero-order chi connectivity index (χ0) is 21.2. The number of aryl methyl sites for hydroxylation is 1.